The highest BCUT2D eigenvalue weighted by Gasteiger charge is 2.09. The Morgan fingerprint density at radius 1 is 1.15 bits per heavy atom. The van der Waals surface area contributed by atoms with E-state index >= 15 is 0 Å². The molecule has 2 aromatic heterocycles. The summed E-state index contributed by atoms with van der Waals surface area (Å²) in [6.45, 7) is 0.675. The summed E-state index contributed by atoms with van der Waals surface area (Å²) < 4.78 is 17.1. The van der Waals surface area contributed by atoms with E-state index in [1.165, 1.54) is 16.8 Å². The van der Waals surface area contributed by atoms with Gasteiger partial charge in [0, 0.05) is 17.3 Å². The predicted molar refractivity (Wildman–Crippen MR) is 104 cm³/mol. The van der Waals surface area contributed by atoms with Gasteiger partial charge in [0.05, 0.1) is 19.0 Å². The third-order valence-electron chi connectivity index (χ3n) is 3.90. The molecular formula is C19H15FN6S. The molecular weight excluding hydrogens is 363 g/mol. The lowest BCUT2D eigenvalue weighted by Crippen LogP contribution is -1.99. The van der Waals surface area contributed by atoms with Gasteiger partial charge in [-0.25, -0.2) is 9.49 Å². The summed E-state index contributed by atoms with van der Waals surface area (Å²) in [6, 6.07) is 16.2. The number of aromatic amines is 1. The lowest BCUT2D eigenvalue weighted by atomic mass is 10.2. The molecule has 2 aromatic carbocycles. The van der Waals surface area contributed by atoms with Crippen LogP contribution in [0.2, 0.25) is 0 Å². The van der Waals surface area contributed by atoms with Crippen LogP contribution in [0.3, 0.4) is 0 Å². The lowest BCUT2D eigenvalue weighted by molar-refractivity contribution is 0.628. The van der Waals surface area contributed by atoms with Crippen LogP contribution in [0.4, 0.5) is 4.39 Å². The van der Waals surface area contributed by atoms with Crippen LogP contribution in [0.15, 0.2) is 72.1 Å². The minimum atomic E-state index is -0.348. The average Bonchev–Trinajstić information content (AvgIpc) is 3.27. The zero-order chi connectivity index (χ0) is 18.6. The highest BCUT2D eigenvalue weighted by atomic mass is 32.1. The number of hydrogen-bond donors (Lipinski definition) is 1. The van der Waals surface area contributed by atoms with Crippen LogP contribution in [0.1, 0.15) is 11.1 Å². The SMILES string of the molecule is Fc1cccc(-c2n[nH]c(=S)n2/N=C\c2cnn(Cc3ccccc3)c2)c1. The van der Waals surface area contributed by atoms with E-state index < -0.39 is 0 Å². The molecule has 0 fully saturated rings. The molecule has 2 heterocycles. The zero-order valence-corrected chi connectivity index (χ0v) is 15.0. The van der Waals surface area contributed by atoms with E-state index in [1.54, 1.807) is 24.5 Å². The molecule has 0 unspecified atom stereocenters. The minimum absolute atomic E-state index is 0.321. The van der Waals surface area contributed by atoms with Crippen LogP contribution in [-0.4, -0.2) is 30.9 Å². The predicted octanol–water partition coefficient (Wildman–Crippen LogP) is 3.87. The van der Waals surface area contributed by atoms with Gasteiger partial charge in [0.2, 0.25) is 4.77 Å². The molecule has 4 aromatic rings. The second kappa shape index (κ2) is 7.46. The summed E-state index contributed by atoms with van der Waals surface area (Å²) in [5.74, 6) is 0.0894. The van der Waals surface area contributed by atoms with Crippen molar-refractivity contribution in [2.75, 3.05) is 0 Å². The van der Waals surface area contributed by atoms with Crippen molar-refractivity contribution in [2.45, 2.75) is 6.54 Å². The van der Waals surface area contributed by atoms with Crippen LogP contribution < -0.4 is 0 Å². The largest absolute Gasteiger partial charge is 0.268 e. The fourth-order valence-corrected chi connectivity index (χ4v) is 2.82. The lowest BCUT2D eigenvalue weighted by Gasteiger charge is -2.01. The van der Waals surface area contributed by atoms with Crippen molar-refractivity contribution in [3.05, 3.63) is 88.7 Å². The third kappa shape index (κ3) is 3.90. The first-order valence-electron chi connectivity index (χ1n) is 8.23. The number of nitrogens with one attached hydrogen (secondary N) is 1. The molecule has 6 nitrogen and oxygen atoms in total. The van der Waals surface area contributed by atoms with Gasteiger partial charge >= 0.3 is 0 Å². The summed E-state index contributed by atoms with van der Waals surface area (Å²) in [5.41, 5.74) is 2.56. The first-order chi connectivity index (χ1) is 13.2. The minimum Gasteiger partial charge on any atom is -0.268 e. The fraction of sp³-hybridized carbons (Fsp3) is 0.0526. The Labute approximate surface area is 159 Å². The number of H-pyrrole nitrogens is 1. The molecule has 0 amide bonds. The van der Waals surface area contributed by atoms with Gasteiger partial charge in [-0.15, -0.1) is 0 Å². The third-order valence-corrected chi connectivity index (χ3v) is 4.16. The quantitative estimate of drug-likeness (QED) is 0.423. The Balaban J connectivity index is 1.57. The normalized spacial score (nSPS) is 11.3. The summed E-state index contributed by atoms with van der Waals surface area (Å²) >= 11 is 5.23. The van der Waals surface area contributed by atoms with Gasteiger partial charge in [-0.2, -0.15) is 20.0 Å². The number of halogens is 1. The van der Waals surface area contributed by atoms with Gasteiger partial charge in [0.1, 0.15) is 5.82 Å². The van der Waals surface area contributed by atoms with E-state index in [-0.39, 0.29) is 5.82 Å². The van der Waals surface area contributed by atoms with Gasteiger partial charge < -0.3 is 0 Å². The van der Waals surface area contributed by atoms with Crippen molar-refractivity contribution in [3.63, 3.8) is 0 Å². The summed E-state index contributed by atoms with van der Waals surface area (Å²) in [7, 11) is 0. The van der Waals surface area contributed by atoms with Crippen molar-refractivity contribution in [1.29, 1.82) is 0 Å². The van der Waals surface area contributed by atoms with Crippen molar-refractivity contribution < 1.29 is 4.39 Å². The Morgan fingerprint density at radius 3 is 2.81 bits per heavy atom. The molecule has 0 aliphatic rings. The average molecular weight is 378 g/mol. The van der Waals surface area contributed by atoms with E-state index in [4.69, 9.17) is 12.2 Å². The van der Waals surface area contributed by atoms with Crippen LogP contribution >= 0.6 is 12.2 Å². The summed E-state index contributed by atoms with van der Waals surface area (Å²) in [4.78, 5) is 0. The molecule has 0 aliphatic carbocycles. The molecule has 0 aliphatic heterocycles. The Kier molecular flexibility index (Phi) is 4.71. The Hall–Kier alpha value is -3.39. The maximum atomic E-state index is 13.5. The number of benzene rings is 2. The number of aromatic nitrogens is 5. The maximum Gasteiger partial charge on any atom is 0.216 e. The van der Waals surface area contributed by atoms with E-state index in [9.17, 15) is 4.39 Å². The highest BCUT2D eigenvalue weighted by Crippen LogP contribution is 2.18. The van der Waals surface area contributed by atoms with E-state index in [1.807, 2.05) is 41.2 Å². The van der Waals surface area contributed by atoms with Gasteiger partial charge in [-0.1, -0.05) is 42.5 Å². The van der Waals surface area contributed by atoms with Crippen molar-refractivity contribution >= 4 is 18.4 Å². The molecule has 27 heavy (non-hydrogen) atoms. The Morgan fingerprint density at radius 2 is 2.00 bits per heavy atom. The first kappa shape index (κ1) is 17.0. The van der Waals surface area contributed by atoms with Crippen LogP contribution in [0.25, 0.3) is 11.4 Å². The standard InChI is InChI=1S/C19H15FN6S/c20-17-8-4-7-16(9-17)18-23-24-19(27)26(18)22-11-15-10-21-25(13-15)12-14-5-2-1-3-6-14/h1-11,13H,12H2,(H,24,27)/b22-11-. The van der Waals surface area contributed by atoms with E-state index in [2.05, 4.69) is 20.4 Å². The molecule has 0 bridgehead atoms. The molecule has 1 N–H and O–H groups in total. The van der Waals surface area contributed by atoms with Crippen LogP contribution in [0, 0.1) is 10.6 Å². The van der Waals surface area contributed by atoms with Gasteiger partial charge in [0.15, 0.2) is 5.82 Å². The smallest absolute Gasteiger partial charge is 0.216 e. The van der Waals surface area contributed by atoms with Crippen molar-refractivity contribution in [1.82, 2.24) is 24.7 Å². The summed E-state index contributed by atoms with van der Waals surface area (Å²) in [5, 5.41) is 15.6. The molecule has 0 atom stereocenters. The highest BCUT2D eigenvalue weighted by molar-refractivity contribution is 7.71. The van der Waals surface area contributed by atoms with Gasteiger partial charge in [-0.05, 0) is 29.9 Å². The fourth-order valence-electron chi connectivity index (χ4n) is 2.64. The molecule has 0 saturated carbocycles. The monoisotopic (exact) mass is 378 g/mol. The molecule has 0 saturated heterocycles. The van der Waals surface area contributed by atoms with Gasteiger partial charge in [-0.3, -0.25) is 4.68 Å². The molecule has 4 rings (SSSR count). The van der Waals surface area contributed by atoms with Crippen LogP contribution in [-0.2, 0) is 6.54 Å². The van der Waals surface area contributed by atoms with Gasteiger partial charge in [0.25, 0.3) is 0 Å². The maximum absolute atomic E-state index is 13.5. The van der Waals surface area contributed by atoms with Crippen molar-refractivity contribution in [2.24, 2.45) is 5.10 Å². The van der Waals surface area contributed by atoms with E-state index in [0.717, 1.165) is 11.1 Å². The Bertz CT molecular complexity index is 1140. The topological polar surface area (TPSA) is 63.8 Å². The number of hydrogen-bond acceptors (Lipinski definition) is 4. The molecule has 0 radical (unpaired) electrons. The number of nitrogens with zero attached hydrogens (tertiary/aromatic N) is 5. The zero-order valence-electron chi connectivity index (χ0n) is 14.2. The van der Waals surface area contributed by atoms with E-state index in [0.29, 0.717) is 22.7 Å². The van der Waals surface area contributed by atoms with Crippen LogP contribution in [0.5, 0.6) is 0 Å². The molecule has 0 spiro atoms. The summed E-state index contributed by atoms with van der Waals surface area (Å²) in [6.07, 6.45) is 5.25. The second-order valence-electron chi connectivity index (χ2n) is 5.88. The molecule has 8 heteroatoms. The first-order valence-corrected chi connectivity index (χ1v) is 8.64. The molecule has 134 valence electrons. The van der Waals surface area contributed by atoms with Crippen molar-refractivity contribution in [3.8, 4) is 11.4 Å². The second-order valence-corrected chi connectivity index (χ2v) is 6.26. The number of rotatable bonds is 5.